The summed E-state index contributed by atoms with van der Waals surface area (Å²) in [5.41, 5.74) is 1.39. The van der Waals surface area contributed by atoms with E-state index in [9.17, 15) is 0 Å². The Morgan fingerprint density at radius 1 is 1.04 bits per heavy atom. The van der Waals surface area contributed by atoms with Gasteiger partial charge in [0.2, 0.25) is 0 Å². The van der Waals surface area contributed by atoms with Crippen LogP contribution in [0.5, 0.6) is 0 Å². The van der Waals surface area contributed by atoms with Crippen LogP contribution in [0, 0.1) is 0 Å². The minimum absolute atomic E-state index is 0.0419. The number of para-hydroxylation sites is 1. The van der Waals surface area contributed by atoms with Crippen molar-refractivity contribution in [2.45, 2.75) is 39.2 Å². The van der Waals surface area contributed by atoms with Gasteiger partial charge in [-0.3, -0.25) is 9.89 Å². The van der Waals surface area contributed by atoms with E-state index in [-0.39, 0.29) is 5.54 Å². The average Bonchev–Trinajstić information content (AvgIpc) is 2.60. The fourth-order valence-electron chi connectivity index (χ4n) is 3.07. The molecular formula is C20H35N5. The predicted octanol–water partition coefficient (Wildman–Crippen LogP) is 2.55. The Balaban J connectivity index is 1.58. The van der Waals surface area contributed by atoms with Crippen molar-refractivity contribution in [1.82, 2.24) is 15.5 Å². The molecule has 1 aliphatic rings. The van der Waals surface area contributed by atoms with Gasteiger partial charge in [0.1, 0.15) is 0 Å². The summed E-state index contributed by atoms with van der Waals surface area (Å²) in [6.45, 7) is 13.2. The zero-order chi connectivity index (χ0) is 18.1. The number of nitrogens with zero attached hydrogens (tertiary/aromatic N) is 3. The molecule has 1 aromatic carbocycles. The highest BCUT2D eigenvalue weighted by Gasteiger charge is 2.16. The molecule has 1 saturated heterocycles. The number of hydrogen-bond donors (Lipinski definition) is 2. The van der Waals surface area contributed by atoms with E-state index in [1.54, 1.807) is 0 Å². The molecular weight excluding hydrogens is 310 g/mol. The maximum atomic E-state index is 4.28. The number of aliphatic imine (C=N–C) groups is 1. The van der Waals surface area contributed by atoms with Gasteiger partial charge >= 0.3 is 0 Å². The van der Waals surface area contributed by atoms with Crippen LogP contribution in [-0.2, 0) is 0 Å². The van der Waals surface area contributed by atoms with Crippen LogP contribution in [0.1, 0.15) is 33.6 Å². The van der Waals surface area contributed by atoms with Crippen molar-refractivity contribution >= 4 is 11.6 Å². The molecule has 5 nitrogen and oxygen atoms in total. The van der Waals surface area contributed by atoms with E-state index < -0.39 is 0 Å². The first kappa shape index (κ1) is 19.6. The van der Waals surface area contributed by atoms with E-state index in [0.717, 1.165) is 38.7 Å². The quantitative estimate of drug-likeness (QED) is 0.472. The lowest BCUT2D eigenvalue weighted by atomic mass is 10.1. The lowest BCUT2D eigenvalue weighted by Crippen LogP contribution is -2.48. The molecule has 0 bridgehead atoms. The molecule has 1 aliphatic heterocycles. The Kier molecular flexibility index (Phi) is 7.56. The van der Waals surface area contributed by atoms with Gasteiger partial charge in [0.25, 0.3) is 0 Å². The van der Waals surface area contributed by atoms with Crippen molar-refractivity contribution in [2.75, 3.05) is 51.2 Å². The summed E-state index contributed by atoms with van der Waals surface area (Å²) < 4.78 is 0. The van der Waals surface area contributed by atoms with Gasteiger partial charge in [-0.25, -0.2) is 0 Å². The summed E-state index contributed by atoms with van der Waals surface area (Å²) in [5.74, 6) is 0.893. The number of hydrogen-bond acceptors (Lipinski definition) is 3. The van der Waals surface area contributed by atoms with Crippen LogP contribution >= 0.6 is 0 Å². The average molecular weight is 346 g/mol. The minimum atomic E-state index is 0.0419. The van der Waals surface area contributed by atoms with E-state index in [2.05, 4.69) is 76.5 Å². The third kappa shape index (κ3) is 7.34. The highest BCUT2D eigenvalue weighted by Crippen LogP contribution is 2.15. The van der Waals surface area contributed by atoms with Crippen LogP contribution in [0.15, 0.2) is 35.3 Å². The van der Waals surface area contributed by atoms with Gasteiger partial charge in [-0.15, -0.1) is 0 Å². The molecule has 1 heterocycles. The van der Waals surface area contributed by atoms with Crippen molar-refractivity contribution in [3.63, 3.8) is 0 Å². The predicted molar refractivity (Wildman–Crippen MR) is 109 cm³/mol. The van der Waals surface area contributed by atoms with E-state index in [1.807, 2.05) is 7.05 Å². The number of anilines is 1. The molecule has 0 aliphatic carbocycles. The van der Waals surface area contributed by atoms with Crippen molar-refractivity contribution in [1.29, 1.82) is 0 Å². The van der Waals surface area contributed by atoms with Gasteiger partial charge in [-0.05, 0) is 52.3 Å². The Hall–Kier alpha value is -1.75. The van der Waals surface area contributed by atoms with Crippen LogP contribution in [0.3, 0.4) is 0 Å². The zero-order valence-electron chi connectivity index (χ0n) is 16.4. The van der Waals surface area contributed by atoms with Crippen LogP contribution < -0.4 is 15.5 Å². The van der Waals surface area contributed by atoms with Crippen LogP contribution in [-0.4, -0.2) is 62.7 Å². The summed E-state index contributed by atoms with van der Waals surface area (Å²) in [4.78, 5) is 9.35. The first-order valence-electron chi connectivity index (χ1n) is 9.49. The largest absolute Gasteiger partial charge is 0.369 e. The lowest BCUT2D eigenvalue weighted by molar-refractivity contribution is 0.253. The number of rotatable bonds is 6. The summed E-state index contributed by atoms with van der Waals surface area (Å²) in [6, 6.07) is 10.7. The van der Waals surface area contributed by atoms with Gasteiger partial charge in [-0.1, -0.05) is 18.2 Å². The zero-order valence-corrected chi connectivity index (χ0v) is 16.4. The Labute approximate surface area is 153 Å². The summed E-state index contributed by atoms with van der Waals surface area (Å²) in [6.07, 6.45) is 2.40. The van der Waals surface area contributed by atoms with Crippen molar-refractivity contribution in [3.8, 4) is 0 Å². The molecule has 0 amide bonds. The molecule has 140 valence electrons. The highest BCUT2D eigenvalue weighted by atomic mass is 15.3. The first-order chi connectivity index (χ1) is 12.0. The fraction of sp³-hybridized carbons (Fsp3) is 0.650. The smallest absolute Gasteiger partial charge is 0.191 e. The topological polar surface area (TPSA) is 42.9 Å². The second kappa shape index (κ2) is 9.66. The van der Waals surface area contributed by atoms with Gasteiger partial charge in [0, 0.05) is 51.0 Å². The van der Waals surface area contributed by atoms with Crippen molar-refractivity contribution < 1.29 is 0 Å². The normalized spacial score (nSPS) is 16.8. The molecule has 0 aromatic heterocycles. The first-order valence-corrected chi connectivity index (χ1v) is 9.49. The molecule has 0 spiro atoms. The van der Waals surface area contributed by atoms with Crippen LogP contribution in [0.4, 0.5) is 5.69 Å². The fourth-order valence-corrected chi connectivity index (χ4v) is 3.07. The lowest BCUT2D eigenvalue weighted by Gasteiger charge is -2.36. The number of guanidine groups is 1. The van der Waals surface area contributed by atoms with Crippen LogP contribution in [0.2, 0.25) is 0 Å². The summed E-state index contributed by atoms with van der Waals surface area (Å²) in [5, 5.41) is 6.79. The molecule has 25 heavy (non-hydrogen) atoms. The number of unbranched alkanes of at least 4 members (excludes halogenated alkanes) is 1. The Bertz CT molecular complexity index is 513. The molecule has 2 rings (SSSR count). The monoisotopic (exact) mass is 345 g/mol. The van der Waals surface area contributed by atoms with Gasteiger partial charge in [0.05, 0.1) is 0 Å². The number of benzene rings is 1. The third-order valence-electron chi connectivity index (χ3n) is 4.40. The second-order valence-electron chi connectivity index (χ2n) is 7.75. The Morgan fingerprint density at radius 3 is 2.32 bits per heavy atom. The van der Waals surface area contributed by atoms with E-state index in [4.69, 9.17) is 0 Å². The SMILES string of the molecule is CN=C(NCCCCN1CCN(c2ccccc2)CC1)NC(C)(C)C. The van der Waals surface area contributed by atoms with Gasteiger partial charge in [0.15, 0.2) is 5.96 Å². The summed E-state index contributed by atoms with van der Waals surface area (Å²) >= 11 is 0. The minimum Gasteiger partial charge on any atom is -0.369 e. The molecule has 1 aromatic rings. The van der Waals surface area contributed by atoms with E-state index in [0.29, 0.717) is 0 Å². The molecule has 0 atom stereocenters. The third-order valence-corrected chi connectivity index (χ3v) is 4.40. The van der Waals surface area contributed by atoms with E-state index in [1.165, 1.54) is 25.1 Å². The molecule has 2 N–H and O–H groups in total. The molecule has 0 unspecified atom stereocenters. The van der Waals surface area contributed by atoms with Crippen molar-refractivity contribution in [3.05, 3.63) is 30.3 Å². The molecule has 0 radical (unpaired) electrons. The molecule has 5 heteroatoms. The van der Waals surface area contributed by atoms with Crippen LogP contribution in [0.25, 0.3) is 0 Å². The second-order valence-corrected chi connectivity index (χ2v) is 7.75. The molecule has 0 saturated carbocycles. The van der Waals surface area contributed by atoms with E-state index >= 15 is 0 Å². The van der Waals surface area contributed by atoms with Gasteiger partial charge < -0.3 is 15.5 Å². The van der Waals surface area contributed by atoms with Crippen molar-refractivity contribution in [2.24, 2.45) is 4.99 Å². The van der Waals surface area contributed by atoms with Gasteiger partial charge in [-0.2, -0.15) is 0 Å². The standard InChI is InChI=1S/C20H35N5/c1-20(2,3)23-19(21-4)22-12-8-9-13-24-14-16-25(17-15-24)18-10-6-5-7-11-18/h5-7,10-11H,8-9,12-17H2,1-4H3,(H2,21,22,23). The number of nitrogens with one attached hydrogen (secondary N) is 2. The molecule has 1 fully saturated rings. The maximum Gasteiger partial charge on any atom is 0.191 e. The number of piperazine rings is 1. The summed E-state index contributed by atoms with van der Waals surface area (Å²) in [7, 11) is 1.83. The maximum absolute atomic E-state index is 4.28. The highest BCUT2D eigenvalue weighted by molar-refractivity contribution is 5.80. The Morgan fingerprint density at radius 2 is 1.72 bits per heavy atom.